The van der Waals surface area contributed by atoms with Crippen molar-refractivity contribution in [3.63, 3.8) is 0 Å². The van der Waals surface area contributed by atoms with Gasteiger partial charge in [0.05, 0.1) is 7.11 Å². The predicted octanol–water partition coefficient (Wildman–Crippen LogP) is 2.28. The van der Waals surface area contributed by atoms with E-state index in [-0.39, 0.29) is 0 Å². The van der Waals surface area contributed by atoms with Gasteiger partial charge in [0.1, 0.15) is 5.75 Å². The van der Waals surface area contributed by atoms with E-state index in [0.717, 1.165) is 31.0 Å². The number of aryl methyl sites for hydroxylation is 1. The fourth-order valence-electron chi connectivity index (χ4n) is 1.55. The summed E-state index contributed by atoms with van der Waals surface area (Å²) in [6, 6.07) is 6.39. The van der Waals surface area contributed by atoms with Gasteiger partial charge in [0.2, 0.25) is 0 Å². The Balaban J connectivity index is 2.72. The maximum Gasteiger partial charge on any atom is 0.122 e. The van der Waals surface area contributed by atoms with E-state index in [4.69, 9.17) is 4.74 Å². The maximum absolute atomic E-state index is 5.33. The molecule has 0 radical (unpaired) electrons. The molecule has 2 nitrogen and oxygen atoms in total. The van der Waals surface area contributed by atoms with E-state index >= 15 is 0 Å². The summed E-state index contributed by atoms with van der Waals surface area (Å²) in [7, 11) is 1.72. The van der Waals surface area contributed by atoms with Gasteiger partial charge in [-0.2, -0.15) is 12.6 Å². The molecule has 0 aliphatic heterocycles. The van der Waals surface area contributed by atoms with Gasteiger partial charge >= 0.3 is 0 Å². The minimum Gasteiger partial charge on any atom is -0.496 e. The van der Waals surface area contributed by atoms with Crippen LogP contribution in [0.3, 0.4) is 0 Å². The maximum atomic E-state index is 5.33. The van der Waals surface area contributed by atoms with Crippen molar-refractivity contribution in [2.75, 3.05) is 19.5 Å². The highest BCUT2D eigenvalue weighted by Crippen LogP contribution is 2.20. The first kappa shape index (κ1) is 12.4. The van der Waals surface area contributed by atoms with E-state index in [1.165, 1.54) is 11.1 Å². The van der Waals surface area contributed by atoms with Crippen molar-refractivity contribution in [2.45, 2.75) is 19.8 Å². The van der Waals surface area contributed by atoms with Crippen LogP contribution in [0, 0.1) is 0 Å². The zero-order valence-electron chi connectivity index (χ0n) is 9.42. The van der Waals surface area contributed by atoms with Crippen LogP contribution in [0.4, 0.5) is 0 Å². The lowest BCUT2D eigenvalue weighted by Gasteiger charge is -2.10. The summed E-state index contributed by atoms with van der Waals surface area (Å²) in [6.07, 6.45) is 2.05. The molecule has 0 aromatic heterocycles. The van der Waals surface area contributed by atoms with Gasteiger partial charge in [0, 0.05) is 12.4 Å². The molecule has 1 N–H and O–H groups in total. The van der Waals surface area contributed by atoms with Gasteiger partial charge in [-0.05, 0) is 30.0 Å². The molecule has 0 atom stereocenters. The molecule has 1 rings (SSSR count). The SMILES string of the molecule is CCc1ccc(OC)c(CCNCS)c1. The van der Waals surface area contributed by atoms with Crippen LogP contribution in [-0.4, -0.2) is 19.5 Å². The highest BCUT2D eigenvalue weighted by Gasteiger charge is 2.03. The average molecular weight is 225 g/mol. The summed E-state index contributed by atoms with van der Waals surface area (Å²) in [5, 5.41) is 3.19. The second-order valence-corrected chi connectivity index (χ2v) is 3.72. The number of benzene rings is 1. The summed E-state index contributed by atoms with van der Waals surface area (Å²) in [6.45, 7) is 3.10. The summed E-state index contributed by atoms with van der Waals surface area (Å²) in [5.41, 5.74) is 2.63. The van der Waals surface area contributed by atoms with Crippen molar-refractivity contribution in [1.29, 1.82) is 0 Å². The lowest BCUT2D eigenvalue weighted by Crippen LogP contribution is -2.15. The number of thiol groups is 1. The topological polar surface area (TPSA) is 21.3 Å². The predicted molar refractivity (Wildman–Crippen MR) is 67.9 cm³/mol. The van der Waals surface area contributed by atoms with Crippen LogP contribution in [0.15, 0.2) is 18.2 Å². The standard InChI is InChI=1S/C12H19NOS/c1-3-10-4-5-12(14-2)11(8-10)6-7-13-9-15/h4-5,8,13,15H,3,6-7,9H2,1-2H3. The molecule has 0 fully saturated rings. The second kappa shape index (κ2) is 6.75. The fraction of sp³-hybridized carbons (Fsp3) is 0.500. The first-order valence-corrected chi connectivity index (χ1v) is 5.92. The Bertz CT molecular complexity index is 302. The highest BCUT2D eigenvalue weighted by molar-refractivity contribution is 7.80. The zero-order valence-corrected chi connectivity index (χ0v) is 10.3. The summed E-state index contributed by atoms with van der Waals surface area (Å²) < 4.78 is 5.33. The number of hydrogen-bond donors (Lipinski definition) is 2. The van der Waals surface area contributed by atoms with E-state index in [9.17, 15) is 0 Å². The molecule has 0 aliphatic rings. The molecule has 1 aromatic carbocycles. The minimum atomic E-state index is 0.718. The summed E-state index contributed by atoms with van der Waals surface area (Å²) in [4.78, 5) is 0. The Labute approximate surface area is 97.4 Å². The normalized spacial score (nSPS) is 10.3. The lowest BCUT2D eigenvalue weighted by atomic mass is 10.1. The molecule has 0 amide bonds. The fourth-order valence-corrected chi connectivity index (χ4v) is 1.71. The van der Waals surface area contributed by atoms with Gasteiger partial charge in [-0.1, -0.05) is 19.1 Å². The first-order chi connectivity index (χ1) is 7.31. The second-order valence-electron chi connectivity index (χ2n) is 3.41. The molecule has 0 saturated heterocycles. The average Bonchev–Trinajstić information content (AvgIpc) is 2.29. The van der Waals surface area contributed by atoms with Crippen molar-refractivity contribution in [1.82, 2.24) is 5.32 Å². The van der Waals surface area contributed by atoms with Crippen LogP contribution in [0.1, 0.15) is 18.1 Å². The van der Waals surface area contributed by atoms with Gasteiger partial charge in [0.25, 0.3) is 0 Å². The lowest BCUT2D eigenvalue weighted by molar-refractivity contribution is 0.409. The Hall–Kier alpha value is -0.670. The zero-order chi connectivity index (χ0) is 11.1. The molecule has 0 saturated carbocycles. The Kier molecular flexibility index (Phi) is 5.58. The Morgan fingerprint density at radius 2 is 2.20 bits per heavy atom. The molecule has 0 bridgehead atoms. The Morgan fingerprint density at radius 1 is 1.40 bits per heavy atom. The third-order valence-electron chi connectivity index (χ3n) is 2.44. The van der Waals surface area contributed by atoms with Crippen LogP contribution in [0.2, 0.25) is 0 Å². The van der Waals surface area contributed by atoms with E-state index in [1.54, 1.807) is 7.11 Å². The molecular weight excluding hydrogens is 206 g/mol. The molecule has 3 heteroatoms. The van der Waals surface area contributed by atoms with Gasteiger partial charge in [-0.25, -0.2) is 0 Å². The molecule has 15 heavy (non-hydrogen) atoms. The molecule has 1 aromatic rings. The molecule has 0 spiro atoms. The van der Waals surface area contributed by atoms with Crippen LogP contribution in [-0.2, 0) is 12.8 Å². The Morgan fingerprint density at radius 3 is 2.80 bits per heavy atom. The van der Waals surface area contributed by atoms with E-state index in [2.05, 4.69) is 43.1 Å². The van der Waals surface area contributed by atoms with Gasteiger partial charge in [-0.15, -0.1) is 0 Å². The van der Waals surface area contributed by atoms with Crippen LogP contribution >= 0.6 is 12.6 Å². The third kappa shape index (κ3) is 3.76. The number of ether oxygens (including phenoxy) is 1. The molecule has 0 unspecified atom stereocenters. The van der Waals surface area contributed by atoms with Crippen LogP contribution < -0.4 is 10.1 Å². The molecule has 0 aliphatic carbocycles. The first-order valence-electron chi connectivity index (χ1n) is 5.29. The van der Waals surface area contributed by atoms with Gasteiger partial charge < -0.3 is 10.1 Å². The number of methoxy groups -OCH3 is 1. The quantitative estimate of drug-likeness (QED) is 0.440. The number of rotatable bonds is 6. The minimum absolute atomic E-state index is 0.718. The third-order valence-corrected chi connectivity index (χ3v) is 2.66. The number of nitrogens with one attached hydrogen (secondary N) is 1. The van der Waals surface area contributed by atoms with Crippen molar-refractivity contribution in [3.05, 3.63) is 29.3 Å². The molecule has 0 heterocycles. The van der Waals surface area contributed by atoms with E-state index in [0.29, 0.717) is 0 Å². The van der Waals surface area contributed by atoms with Crippen molar-refractivity contribution < 1.29 is 4.74 Å². The van der Waals surface area contributed by atoms with Crippen LogP contribution in [0.5, 0.6) is 5.75 Å². The largest absolute Gasteiger partial charge is 0.496 e. The number of hydrogen-bond acceptors (Lipinski definition) is 3. The van der Waals surface area contributed by atoms with Gasteiger partial charge in [0.15, 0.2) is 0 Å². The smallest absolute Gasteiger partial charge is 0.122 e. The van der Waals surface area contributed by atoms with E-state index < -0.39 is 0 Å². The summed E-state index contributed by atoms with van der Waals surface area (Å²) >= 11 is 4.11. The monoisotopic (exact) mass is 225 g/mol. The van der Waals surface area contributed by atoms with Crippen molar-refractivity contribution >= 4 is 12.6 Å². The van der Waals surface area contributed by atoms with E-state index in [1.807, 2.05) is 0 Å². The van der Waals surface area contributed by atoms with Crippen LogP contribution in [0.25, 0.3) is 0 Å². The summed E-state index contributed by atoms with van der Waals surface area (Å²) in [5.74, 6) is 1.70. The van der Waals surface area contributed by atoms with Gasteiger partial charge in [-0.3, -0.25) is 0 Å². The van der Waals surface area contributed by atoms with Crippen molar-refractivity contribution in [2.24, 2.45) is 0 Å². The highest BCUT2D eigenvalue weighted by atomic mass is 32.1. The molecule has 84 valence electrons. The molecular formula is C12H19NOS. The van der Waals surface area contributed by atoms with Crippen molar-refractivity contribution in [3.8, 4) is 5.75 Å².